The van der Waals surface area contributed by atoms with Gasteiger partial charge in [0.15, 0.2) is 5.82 Å². The minimum atomic E-state index is 0.0571. The number of hydrogen-bond donors (Lipinski definition) is 2. The van der Waals surface area contributed by atoms with Gasteiger partial charge in [-0.15, -0.1) is 0 Å². The van der Waals surface area contributed by atoms with E-state index < -0.39 is 0 Å². The maximum atomic E-state index is 6.28. The molecule has 0 aliphatic carbocycles. The molecule has 0 unspecified atom stereocenters. The molecule has 3 aromatic rings. The van der Waals surface area contributed by atoms with Crippen molar-refractivity contribution in [3.8, 4) is 16.9 Å². The van der Waals surface area contributed by atoms with Gasteiger partial charge in [0, 0.05) is 0 Å². The molecule has 1 heterocycles. The zero-order chi connectivity index (χ0) is 16.2. The summed E-state index contributed by atoms with van der Waals surface area (Å²) in [5.41, 5.74) is 13.1. The lowest BCUT2D eigenvalue weighted by atomic mass is 10.1. The minimum absolute atomic E-state index is 0.0571. The van der Waals surface area contributed by atoms with Crippen LogP contribution in [0.4, 0.5) is 11.9 Å². The number of hydrogen-bond acceptors (Lipinski definition) is 6. The zero-order valence-electron chi connectivity index (χ0n) is 12.1. The van der Waals surface area contributed by atoms with Gasteiger partial charge in [-0.3, -0.25) is 0 Å². The number of rotatable bonds is 4. The number of benzene rings is 2. The summed E-state index contributed by atoms with van der Waals surface area (Å²) in [4.78, 5) is 11.6. The summed E-state index contributed by atoms with van der Waals surface area (Å²) in [7, 11) is 0. The molecule has 1 aromatic heterocycles. The Kier molecular flexibility index (Phi) is 4.25. The van der Waals surface area contributed by atoms with Gasteiger partial charge in [0.1, 0.15) is 12.4 Å². The second-order valence-corrected chi connectivity index (χ2v) is 5.18. The Hall–Kier alpha value is -2.86. The van der Waals surface area contributed by atoms with Crippen LogP contribution in [0.25, 0.3) is 11.1 Å². The standard InChI is InChI=1S/C16H14ClN5O/c17-12-8-11(10-4-2-1-3-5-10)6-7-13(12)23-9-14-20-15(18)22-16(19)21-14/h1-8H,9H2,(H4,18,19,20,21,22). The van der Waals surface area contributed by atoms with E-state index in [1.54, 1.807) is 6.07 Å². The Bertz CT molecular complexity index is 806. The summed E-state index contributed by atoms with van der Waals surface area (Å²) in [6.45, 7) is 0.0985. The molecule has 116 valence electrons. The van der Waals surface area contributed by atoms with E-state index in [1.807, 2.05) is 42.5 Å². The minimum Gasteiger partial charge on any atom is -0.484 e. The Morgan fingerprint density at radius 3 is 2.22 bits per heavy atom. The molecule has 7 heteroatoms. The average Bonchev–Trinajstić information content (AvgIpc) is 2.53. The van der Waals surface area contributed by atoms with Crippen LogP contribution in [0.2, 0.25) is 5.02 Å². The van der Waals surface area contributed by atoms with Crippen LogP contribution in [0.15, 0.2) is 48.5 Å². The lowest BCUT2D eigenvalue weighted by Crippen LogP contribution is -2.09. The third-order valence-corrected chi connectivity index (χ3v) is 3.41. The average molecular weight is 328 g/mol. The molecule has 0 atom stereocenters. The van der Waals surface area contributed by atoms with Crippen molar-refractivity contribution in [1.29, 1.82) is 0 Å². The predicted octanol–water partition coefficient (Wildman–Crippen LogP) is 2.94. The number of nitrogen functional groups attached to an aromatic ring is 2. The molecule has 0 saturated heterocycles. The Morgan fingerprint density at radius 1 is 0.870 bits per heavy atom. The van der Waals surface area contributed by atoms with Gasteiger partial charge >= 0.3 is 0 Å². The van der Waals surface area contributed by atoms with E-state index in [0.717, 1.165) is 11.1 Å². The van der Waals surface area contributed by atoms with Crippen molar-refractivity contribution in [2.75, 3.05) is 11.5 Å². The highest BCUT2D eigenvalue weighted by atomic mass is 35.5. The number of nitrogens with two attached hydrogens (primary N) is 2. The molecule has 0 aliphatic heterocycles. The van der Waals surface area contributed by atoms with Gasteiger partial charge in [-0.05, 0) is 23.3 Å². The van der Waals surface area contributed by atoms with Crippen molar-refractivity contribution in [3.63, 3.8) is 0 Å². The third kappa shape index (κ3) is 3.67. The van der Waals surface area contributed by atoms with Crippen LogP contribution in [0.3, 0.4) is 0 Å². The van der Waals surface area contributed by atoms with Crippen molar-refractivity contribution in [3.05, 3.63) is 59.4 Å². The van der Waals surface area contributed by atoms with Crippen LogP contribution in [-0.2, 0) is 6.61 Å². The quantitative estimate of drug-likeness (QED) is 0.764. The molecule has 23 heavy (non-hydrogen) atoms. The van der Waals surface area contributed by atoms with Crippen molar-refractivity contribution in [2.24, 2.45) is 0 Å². The van der Waals surface area contributed by atoms with E-state index in [9.17, 15) is 0 Å². The van der Waals surface area contributed by atoms with Gasteiger partial charge in [0.25, 0.3) is 0 Å². The summed E-state index contributed by atoms with van der Waals surface area (Å²) in [5, 5.41) is 0.501. The molecule has 0 spiro atoms. The number of aromatic nitrogens is 3. The van der Waals surface area contributed by atoms with Crippen molar-refractivity contribution in [1.82, 2.24) is 15.0 Å². The molecular formula is C16H14ClN5O. The molecule has 2 aromatic carbocycles. The maximum absolute atomic E-state index is 6.28. The molecule has 6 nitrogen and oxygen atoms in total. The number of halogens is 1. The molecule has 0 saturated carbocycles. The molecule has 4 N–H and O–H groups in total. The SMILES string of the molecule is Nc1nc(N)nc(COc2ccc(-c3ccccc3)cc2Cl)n1. The fourth-order valence-electron chi connectivity index (χ4n) is 2.09. The van der Waals surface area contributed by atoms with E-state index in [4.69, 9.17) is 27.8 Å². The van der Waals surface area contributed by atoms with E-state index in [2.05, 4.69) is 15.0 Å². The summed E-state index contributed by atoms with van der Waals surface area (Å²) in [5.74, 6) is 0.991. The lowest BCUT2D eigenvalue weighted by Gasteiger charge is -2.09. The molecule has 0 amide bonds. The van der Waals surface area contributed by atoms with Crippen molar-refractivity contribution >= 4 is 23.5 Å². The maximum Gasteiger partial charge on any atom is 0.225 e. The van der Waals surface area contributed by atoms with Crippen LogP contribution in [-0.4, -0.2) is 15.0 Å². The highest BCUT2D eigenvalue weighted by Crippen LogP contribution is 2.30. The third-order valence-electron chi connectivity index (χ3n) is 3.11. The molecule has 0 bridgehead atoms. The Balaban J connectivity index is 1.76. The van der Waals surface area contributed by atoms with Gasteiger partial charge in [0.2, 0.25) is 11.9 Å². The summed E-state index contributed by atoms with van der Waals surface area (Å²) in [6.07, 6.45) is 0. The molecule has 0 radical (unpaired) electrons. The number of anilines is 2. The van der Waals surface area contributed by atoms with E-state index >= 15 is 0 Å². The normalized spacial score (nSPS) is 10.5. The van der Waals surface area contributed by atoms with Gasteiger partial charge in [0.05, 0.1) is 5.02 Å². The lowest BCUT2D eigenvalue weighted by molar-refractivity contribution is 0.296. The van der Waals surface area contributed by atoms with E-state index in [0.29, 0.717) is 16.6 Å². The van der Waals surface area contributed by atoms with Crippen LogP contribution >= 0.6 is 11.6 Å². The van der Waals surface area contributed by atoms with Crippen LogP contribution in [0.5, 0.6) is 5.75 Å². The molecule has 3 rings (SSSR count). The largest absolute Gasteiger partial charge is 0.484 e. The Labute approximate surface area is 138 Å². The molecule has 0 aliphatic rings. The summed E-state index contributed by atoms with van der Waals surface area (Å²) >= 11 is 6.28. The highest BCUT2D eigenvalue weighted by molar-refractivity contribution is 6.32. The second kappa shape index (κ2) is 6.50. The van der Waals surface area contributed by atoms with E-state index in [1.165, 1.54) is 0 Å². The first-order valence-electron chi connectivity index (χ1n) is 6.85. The van der Waals surface area contributed by atoms with Gasteiger partial charge in [-0.25, -0.2) is 0 Å². The second-order valence-electron chi connectivity index (χ2n) is 4.77. The highest BCUT2D eigenvalue weighted by Gasteiger charge is 2.07. The van der Waals surface area contributed by atoms with Crippen LogP contribution < -0.4 is 16.2 Å². The van der Waals surface area contributed by atoms with Crippen molar-refractivity contribution < 1.29 is 4.74 Å². The van der Waals surface area contributed by atoms with Crippen molar-refractivity contribution in [2.45, 2.75) is 6.61 Å². The molecule has 0 fully saturated rings. The first-order chi connectivity index (χ1) is 11.1. The molecular weight excluding hydrogens is 314 g/mol. The smallest absolute Gasteiger partial charge is 0.225 e. The van der Waals surface area contributed by atoms with E-state index in [-0.39, 0.29) is 18.5 Å². The summed E-state index contributed by atoms with van der Waals surface area (Å²) in [6, 6.07) is 15.5. The topological polar surface area (TPSA) is 99.9 Å². The first kappa shape index (κ1) is 15.1. The summed E-state index contributed by atoms with van der Waals surface area (Å²) < 4.78 is 5.63. The Morgan fingerprint density at radius 2 is 1.57 bits per heavy atom. The fraction of sp³-hybridized carbons (Fsp3) is 0.0625. The monoisotopic (exact) mass is 327 g/mol. The van der Waals surface area contributed by atoms with Gasteiger partial charge in [-0.2, -0.15) is 15.0 Å². The first-order valence-corrected chi connectivity index (χ1v) is 7.23. The van der Waals surface area contributed by atoms with Crippen LogP contribution in [0.1, 0.15) is 5.82 Å². The zero-order valence-corrected chi connectivity index (χ0v) is 12.9. The predicted molar refractivity (Wildman–Crippen MR) is 89.9 cm³/mol. The van der Waals surface area contributed by atoms with Gasteiger partial charge in [-0.1, -0.05) is 48.0 Å². The van der Waals surface area contributed by atoms with Gasteiger partial charge < -0.3 is 16.2 Å². The fourth-order valence-corrected chi connectivity index (χ4v) is 2.33. The number of ether oxygens (including phenoxy) is 1. The van der Waals surface area contributed by atoms with Crippen LogP contribution in [0, 0.1) is 0 Å². The number of nitrogens with zero attached hydrogens (tertiary/aromatic N) is 3.